The van der Waals surface area contributed by atoms with Crippen molar-refractivity contribution in [1.29, 1.82) is 0 Å². The molecule has 1 rings (SSSR count). The molecule has 0 saturated carbocycles. The molecule has 0 aliphatic carbocycles. The summed E-state index contributed by atoms with van der Waals surface area (Å²) in [6, 6.07) is 1.81. The molecule has 0 amide bonds. The first-order valence-electron chi connectivity index (χ1n) is 5.40. The molecule has 1 atom stereocenters. The minimum absolute atomic E-state index is 0.352. The van der Waals surface area contributed by atoms with Crippen molar-refractivity contribution < 1.29 is 5.11 Å². The van der Waals surface area contributed by atoms with Crippen LogP contribution in [0.2, 0.25) is 0 Å². The Labute approximate surface area is 95.3 Å². The van der Waals surface area contributed by atoms with Gasteiger partial charge in [-0.05, 0) is 13.3 Å². The van der Waals surface area contributed by atoms with Crippen LogP contribution < -0.4 is 16.6 Å². The maximum Gasteiger partial charge on any atom is 0.239 e. The Morgan fingerprint density at radius 3 is 2.88 bits per heavy atom. The van der Waals surface area contributed by atoms with Crippen LogP contribution >= 0.6 is 0 Å². The highest BCUT2D eigenvalue weighted by atomic mass is 16.3. The van der Waals surface area contributed by atoms with Crippen LogP contribution in [0.1, 0.15) is 25.5 Å². The van der Waals surface area contributed by atoms with Gasteiger partial charge in [0.2, 0.25) is 5.95 Å². The first-order chi connectivity index (χ1) is 7.65. The van der Waals surface area contributed by atoms with Crippen molar-refractivity contribution in [2.45, 2.75) is 32.8 Å². The molecule has 0 radical (unpaired) electrons. The van der Waals surface area contributed by atoms with E-state index in [1.54, 1.807) is 6.07 Å². The van der Waals surface area contributed by atoms with E-state index in [-0.39, 0.29) is 6.10 Å². The Hall–Kier alpha value is -1.40. The molecule has 0 aliphatic heterocycles. The average Bonchev–Trinajstić information content (AvgIpc) is 2.26. The number of aryl methyl sites for hydroxylation is 1. The topological polar surface area (TPSA) is 96.1 Å². The fourth-order valence-electron chi connectivity index (χ4n) is 1.38. The van der Waals surface area contributed by atoms with Crippen LogP contribution in [0.5, 0.6) is 0 Å². The van der Waals surface area contributed by atoms with Gasteiger partial charge < -0.3 is 10.4 Å². The number of hydrazine groups is 1. The minimum atomic E-state index is -0.352. The summed E-state index contributed by atoms with van der Waals surface area (Å²) in [5, 5.41) is 12.6. The number of nitrogens with one attached hydrogen (secondary N) is 2. The van der Waals surface area contributed by atoms with E-state index in [9.17, 15) is 5.11 Å². The van der Waals surface area contributed by atoms with Crippen molar-refractivity contribution in [2.24, 2.45) is 5.84 Å². The van der Waals surface area contributed by atoms with Crippen molar-refractivity contribution >= 4 is 11.8 Å². The molecule has 16 heavy (non-hydrogen) atoms. The molecule has 0 saturated heterocycles. The third kappa shape index (κ3) is 4.00. The van der Waals surface area contributed by atoms with Gasteiger partial charge in [0.25, 0.3) is 0 Å². The summed E-state index contributed by atoms with van der Waals surface area (Å²) in [6.07, 6.45) is 1.38. The fraction of sp³-hybridized carbons (Fsp3) is 0.600. The van der Waals surface area contributed by atoms with Gasteiger partial charge in [-0.1, -0.05) is 13.3 Å². The van der Waals surface area contributed by atoms with E-state index in [1.165, 1.54) is 0 Å². The number of aliphatic hydroxyl groups excluding tert-OH is 1. The fourth-order valence-corrected chi connectivity index (χ4v) is 1.38. The third-order valence-electron chi connectivity index (χ3n) is 2.12. The molecule has 6 heteroatoms. The molecular weight excluding hydrogens is 206 g/mol. The van der Waals surface area contributed by atoms with Gasteiger partial charge in [0.15, 0.2) is 0 Å². The minimum Gasteiger partial charge on any atom is -0.391 e. The maximum atomic E-state index is 9.56. The van der Waals surface area contributed by atoms with E-state index in [4.69, 9.17) is 5.84 Å². The zero-order valence-corrected chi connectivity index (χ0v) is 9.70. The summed E-state index contributed by atoms with van der Waals surface area (Å²) < 4.78 is 0. The first-order valence-corrected chi connectivity index (χ1v) is 5.40. The van der Waals surface area contributed by atoms with Crippen LogP contribution in [0.4, 0.5) is 11.8 Å². The second kappa shape index (κ2) is 6.24. The highest BCUT2D eigenvalue weighted by Crippen LogP contribution is 2.09. The van der Waals surface area contributed by atoms with Gasteiger partial charge in [0.05, 0.1) is 6.10 Å². The monoisotopic (exact) mass is 225 g/mol. The Bertz CT molecular complexity index is 331. The van der Waals surface area contributed by atoms with Crippen molar-refractivity contribution in [3.63, 3.8) is 0 Å². The lowest BCUT2D eigenvalue weighted by Crippen LogP contribution is -2.20. The molecule has 0 bridgehead atoms. The zero-order valence-electron chi connectivity index (χ0n) is 9.70. The quantitative estimate of drug-likeness (QED) is 0.419. The lowest BCUT2D eigenvalue weighted by atomic mass is 10.2. The van der Waals surface area contributed by atoms with E-state index in [1.807, 2.05) is 13.8 Å². The summed E-state index contributed by atoms with van der Waals surface area (Å²) >= 11 is 0. The Morgan fingerprint density at radius 2 is 2.25 bits per heavy atom. The molecule has 1 unspecified atom stereocenters. The number of nitrogens with two attached hydrogens (primary N) is 1. The third-order valence-corrected chi connectivity index (χ3v) is 2.12. The molecule has 90 valence electrons. The van der Waals surface area contributed by atoms with Gasteiger partial charge >= 0.3 is 0 Å². The van der Waals surface area contributed by atoms with Gasteiger partial charge in [0, 0.05) is 18.3 Å². The number of hydrogen-bond acceptors (Lipinski definition) is 6. The number of nitrogens with zero attached hydrogens (tertiary/aromatic N) is 2. The number of nitrogen functional groups attached to an aromatic ring is 1. The Balaban J connectivity index is 2.56. The predicted octanol–water partition coefficient (Wildman–Crippen LogP) is 0.644. The predicted molar refractivity (Wildman–Crippen MR) is 64.0 cm³/mol. The SMILES string of the molecule is CCCC(O)CNc1cc(C)nc(NN)n1. The number of aliphatic hydroxyl groups is 1. The second-order valence-corrected chi connectivity index (χ2v) is 3.69. The lowest BCUT2D eigenvalue weighted by Gasteiger charge is -2.12. The van der Waals surface area contributed by atoms with Crippen molar-refractivity contribution in [3.05, 3.63) is 11.8 Å². The molecule has 6 nitrogen and oxygen atoms in total. The second-order valence-electron chi connectivity index (χ2n) is 3.69. The van der Waals surface area contributed by atoms with Crippen LogP contribution in [0.15, 0.2) is 6.07 Å². The van der Waals surface area contributed by atoms with Crippen molar-refractivity contribution in [3.8, 4) is 0 Å². The first kappa shape index (κ1) is 12.7. The summed E-state index contributed by atoms with van der Waals surface area (Å²) in [5.74, 6) is 6.27. The maximum absolute atomic E-state index is 9.56. The van der Waals surface area contributed by atoms with E-state index in [2.05, 4.69) is 20.7 Å². The van der Waals surface area contributed by atoms with Crippen LogP contribution in [-0.4, -0.2) is 27.7 Å². The van der Waals surface area contributed by atoms with Gasteiger partial charge in [-0.2, -0.15) is 4.98 Å². The van der Waals surface area contributed by atoms with E-state index >= 15 is 0 Å². The lowest BCUT2D eigenvalue weighted by molar-refractivity contribution is 0.176. The molecule has 0 aromatic carbocycles. The Morgan fingerprint density at radius 1 is 1.50 bits per heavy atom. The molecule has 1 heterocycles. The highest BCUT2D eigenvalue weighted by Gasteiger charge is 2.04. The normalized spacial score (nSPS) is 12.2. The standard InChI is InChI=1S/C10H19N5O/c1-3-4-8(16)6-12-9-5-7(2)13-10(14-9)15-11/h5,8,16H,3-4,6,11H2,1-2H3,(H2,12,13,14,15). The molecule has 0 spiro atoms. The van der Waals surface area contributed by atoms with Crippen LogP contribution in [0.25, 0.3) is 0 Å². The average molecular weight is 225 g/mol. The van der Waals surface area contributed by atoms with Gasteiger partial charge in [0.1, 0.15) is 5.82 Å². The van der Waals surface area contributed by atoms with Gasteiger partial charge in [-0.25, -0.2) is 10.8 Å². The van der Waals surface area contributed by atoms with Crippen LogP contribution in [-0.2, 0) is 0 Å². The van der Waals surface area contributed by atoms with Crippen LogP contribution in [0, 0.1) is 6.92 Å². The summed E-state index contributed by atoms with van der Waals surface area (Å²) in [4.78, 5) is 8.18. The highest BCUT2D eigenvalue weighted by molar-refractivity contribution is 5.41. The zero-order chi connectivity index (χ0) is 12.0. The molecule has 5 N–H and O–H groups in total. The number of aromatic nitrogens is 2. The largest absolute Gasteiger partial charge is 0.391 e. The summed E-state index contributed by atoms with van der Waals surface area (Å²) in [7, 11) is 0. The Kier molecular flexibility index (Phi) is 4.94. The van der Waals surface area contributed by atoms with Crippen LogP contribution in [0.3, 0.4) is 0 Å². The molecule has 0 fully saturated rings. The van der Waals surface area contributed by atoms with Crippen molar-refractivity contribution in [1.82, 2.24) is 9.97 Å². The molecule has 0 aliphatic rings. The summed E-state index contributed by atoms with van der Waals surface area (Å²) in [6.45, 7) is 4.37. The van der Waals surface area contributed by atoms with Gasteiger partial charge in [-0.15, -0.1) is 0 Å². The number of hydrogen-bond donors (Lipinski definition) is 4. The number of rotatable bonds is 6. The van der Waals surface area contributed by atoms with E-state index < -0.39 is 0 Å². The summed E-state index contributed by atoms with van der Waals surface area (Å²) in [5.41, 5.74) is 3.21. The molecule has 1 aromatic heterocycles. The molecule has 1 aromatic rings. The smallest absolute Gasteiger partial charge is 0.239 e. The van der Waals surface area contributed by atoms with E-state index in [0.29, 0.717) is 18.3 Å². The van der Waals surface area contributed by atoms with Gasteiger partial charge in [-0.3, -0.25) is 5.43 Å². The van der Waals surface area contributed by atoms with E-state index in [0.717, 1.165) is 18.5 Å². The molecular formula is C10H19N5O. The van der Waals surface area contributed by atoms with Crippen molar-refractivity contribution in [2.75, 3.05) is 17.3 Å². The number of anilines is 2.